The van der Waals surface area contributed by atoms with Gasteiger partial charge in [-0.3, -0.25) is 9.78 Å². The molecule has 32 heavy (non-hydrogen) atoms. The molecule has 3 aromatic rings. The predicted molar refractivity (Wildman–Crippen MR) is 121 cm³/mol. The third-order valence-electron chi connectivity index (χ3n) is 6.03. The van der Waals surface area contributed by atoms with Crippen LogP contribution in [0.3, 0.4) is 0 Å². The normalized spacial score (nSPS) is 20.1. The fraction of sp³-hybridized carbons (Fsp3) is 0.333. The van der Waals surface area contributed by atoms with E-state index in [4.69, 9.17) is 0 Å². The smallest absolute Gasteiger partial charge is 0.240 e. The maximum Gasteiger partial charge on any atom is 0.240 e. The van der Waals surface area contributed by atoms with Crippen LogP contribution in [0.4, 0.5) is 4.39 Å². The molecule has 1 atom stereocenters. The van der Waals surface area contributed by atoms with E-state index in [1.807, 2.05) is 13.0 Å². The summed E-state index contributed by atoms with van der Waals surface area (Å²) in [6.45, 7) is 1.87. The molecule has 1 aliphatic carbocycles. The number of sulfonamides is 1. The van der Waals surface area contributed by atoms with Gasteiger partial charge in [-0.05, 0) is 74.6 Å². The molecule has 0 saturated heterocycles. The largest absolute Gasteiger partial charge is 0.349 e. The minimum Gasteiger partial charge on any atom is -0.349 e. The van der Waals surface area contributed by atoms with Crippen molar-refractivity contribution >= 4 is 26.8 Å². The Kier molecular flexibility index (Phi) is 6.53. The fourth-order valence-electron chi connectivity index (χ4n) is 4.15. The van der Waals surface area contributed by atoms with E-state index < -0.39 is 10.0 Å². The Labute approximate surface area is 187 Å². The second-order valence-corrected chi connectivity index (χ2v) is 10.0. The molecular weight excluding hydrogens is 429 g/mol. The van der Waals surface area contributed by atoms with E-state index in [-0.39, 0.29) is 34.6 Å². The van der Waals surface area contributed by atoms with E-state index in [1.54, 1.807) is 42.6 Å². The van der Waals surface area contributed by atoms with Gasteiger partial charge >= 0.3 is 0 Å². The minimum absolute atomic E-state index is 0.0508. The second-order valence-electron chi connectivity index (χ2n) is 8.31. The lowest BCUT2D eigenvalue weighted by molar-refractivity contribution is -0.126. The minimum atomic E-state index is -3.66. The molecule has 0 unspecified atom stereocenters. The Morgan fingerprint density at radius 1 is 1.06 bits per heavy atom. The van der Waals surface area contributed by atoms with Gasteiger partial charge in [0, 0.05) is 23.5 Å². The number of nitrogens with one attached hydrogen (secondary N) is 2. The van der Waals surface area contributed by atoms with Crippen molar-refractivity contribution in [3.05, 3.63) is 72.2 Å². The number of amides is 1. The summed E-state index contributed by atoms with van der Waals surface area (Å²) in [5.74, 6) is -0.524. The van der Waals surface area contributed by atoms with Crippen LogP contribution in [-0.2, 0) is 14.8 Å². The van der Waals surface area contributed by atoms with Crippen LogP contribution in [-0.4, -0.2) is 25.4 Å². The van der Waals surface area contributed by atoms with Gasteiger partial charge in [0.15, 0.2) is 0 Å². The van der Waals surface area contributed by atoms with Crippen molar-refractivity contribution < 1.29 is 17.6 Å². The molecule has 0 bridgehead atoms. The maximum absolute atomic E-state index is 13.1. The lowest BCUT2D eigenvalue weighted by Gasteiger charge is -2.29. The summed E-state index contributed by atoms with van der Waals surface area (Å²) >= 11 is 0. The van der Waals surface area contributed by atoms with Crippen molar-refractivity contribution in [1.29, 1.82) is 0 Å². The summed E-state index contributed by atoms with van der Waals surface area (Å²) in [7, 11) is -3.66. The molecule has 1 fully saturated rings. The van der Waals surface area contributed by atoms with Gasteiger partial charge in [-0.2, -0.15) is 0 Å². The van der Waals surface area contributed by atoms with Crippen molar-refractivity contribution in [1.82, 2.24) is 15.0 Å². The molecule has 1 aromatic heterocycles. The molecule has 0 aliphatic heterocycles. The Hall–Kier alpha value is -2.84. The van der Waals surface area contributed by atoms with Crippen molar-refractivity contribution in [3.8, 4) is 0 Å². The Balaban J connectivity index is 1.32. The lowest BCUT2D eigenvalue weighted by Crippen LogP contribution is -2.41. The molecule has 6 nitrogen and oxygen atoms in total. The standard InChI is InChI=1S/C24H26FN3O3S/c1-16(17-4-8-20(25)9-5-17)27-24(29)18-6-10-21(11-7-18)28-32(30,31)22-12-13-23-19(15-22)3-2-14-26-23/h2-5,8-9,12-16,18,21,28H,6-7,10-11H2,1H3,(H,27,29)/t16-,18-,21-/m1/s1. The van der Waals surface area contributed by atoms with E-state index in [0.717, 1.165) is 16.5 Å². The lowest BCUT2D eigenvalue weighted by atomic mass is 9.85. The van der Waals surface area contributed by atoms with Crippen molar-refractivity contribution in [3.63, 3.8) is 0 Å². The third kappa shape index (κ3) is 5.14. The number of benzene rings is 2. The first-order valence-corrected chi connectivity index (χ1v) is 12.2. The van der Waals surface area contributed by atoms with Crippen LogP contribution in [0.1, 0.15) is 44.2 Å². The molecular formula is C24H26FN3O3S. The van der Waals surface area contributed by atoms with Crippen LogP contribution >= 0.6 is 0 Å². The highest BCUT2D eigenvalue weighted by Crippen LogP contribution is 2.27. The Morgan fingerprint density at radius 2 is 1.78 bits per heavy atom. The van der Waals surface area contributed by atoms with Gasteiger partial charge in [0.05, 0.1) is 16.5 Å². The first-order valence-electron chi connectivity index (χ1n) is 10.7. The molecule has 2 N–H and O–H groups in total. The summed E-state index contributed by atoms with van der Waals surface area (Å²) < 4.78 is 41.6. The van der Waals surface area contributed by atoms with Gasteiger partial charge in [-0.15, -0.1) is 0 Å². The molecule has 1 saturated carbocycles. The molecule has 1 aliphatic rings. The van der Waals surface area contributed by atoms with Crippen LogP contribution in [0, 0.1) is 11.7 Å². The number of carbonyl (C=O) groups excluding carboxylic acids is 1. The van der Waals surface area contributed by atoms with Crippen LogP contribution in [0.2, 0.25) is 0 Å². The van der Waals surface area contributed by atoms with Gasteiger partial charge < -0.3 is 5.32 Å². The quantitative estimate of drug-likeness (QED) is 0.586. The zero-order valence-corrected chi connectivity index (χ0v) is 18.6. The molecule has 8 heteroatoms. The summed E-state index contributed by atoms with van der Waals surface area (Å²) in [6, 6.07) is 14.1. The number of halogens is 1. The average molecular weight is 456 g/mol. The van der Waals surface area contributed by atoms with E-state index in [2.05, 4.69) is 15.0 Å². The number of nitrogens with zero attached hydrogens (tertiary/aromatic N) is 1. The molecule has 2 aromatic carbocycles. The van der Waals surface area contributed by atoms with E-state index >= 15 is 0 Å². The molecule has 4 rings (SSSR count). The average Bonchev–Trinajstić information content (AvgIpc) is 2.79. The predicted octanol–water partition coefficient (Wildman–Crippen LogP) is 4.09. The monoisotopic (exact) mass is 455 g/mol. The number of rotatable bonds is 6. The van der Waals surface area contributed by atoms with E-state index in [1.165, 1.54) is 12.1 Å². The van der Waals surface area contributed by atoms with Gasteiger partial charge in [-0.25, -0.2) is 17.5 Å². The highest BCUT2D eigenvalue weighted by atomic mass is 32.2. The number of pyridine rings is 1. The third-order valence-corrected chi connectivity index (χ3v) is 7.55. The first kappa shape index (κ1) is 22.4. The molecule has 168 valence electrons. The number of fused-ring (bicyclic) bond motifs is 1. The first-order chi connectivity index (χ1) is 15.3. The van der Waals surface area contributed by atoms with Crippen LogP contribution < -0.4 is 10.0 Å². The van der Waals surface area contributed by atoms with Crippen LogP contribution in [0.25, 0.3) is 10.9 Å². The Morgan fingerprint density at radius 3 is 2.50 bits per heavy atom. The van der Waals surface area contributed by atoms with Gasteiger partial charge in [-0.1, -0.05) is 18.2 Å². The molecule has 1 amide bonds. The van der Waals surface area contributed by atoms with Crippen molar-refractivity contribution in [2.45, 2.75) is 49.6 Å². The van der Waals surface area contributed by atoms with Gasteiger partial charge in [0.1, 0.15) is 5.82 Å². The van der Waals surface area contributed by atoms with E-state index in [0.29, 0.717) is 25.7 Å². The number of hydrogen-bond donors (Lipinski definition) is 2. The molecule has 1 heterocycles. The van der Waals surface area contributed by atoms with E-state index in [9.17, 15) is 17.6 Å². The maximum atomic E-state index is 13.1. The zero-order valence-electron chi connectivity index (χ0n) is 17.8. The summed E-state index contributed by atoms with van der Waals surface area (Å²) in [5, 5.41) is 3.75. The number of carbonyl (C=O) groups is 1. The van der Waals surface area contributed by atoms with Gasteiger partial charge in [0.2, 0.25) is 15.9 Å². The topological polar surface area (TPSA) is 88.2 Å². The number of aromatic nitrogens is 1. The van der Waals surface area contributed by atoms with Crippen molar-refractivity contribution in [2.24, 2.45) is 5.92 Å². The van der Waals surface area contributed by atoms with Crippen molar-refractivity contribution in [2.75, 3.05) is 0 Å². The summed E-state index contributed by atoms with van der Waals surface area (Å²) in [5.41, 5.74) is 1.58. The molecule has 0 radical (unpaired) electrons. The van der Waals surface area contributed by atoms with Gasteiger partial charge in [0.25, 0.3) is 0 Å². The molecule has 0 spiro atoms. The summed E-state index contributed by atoms with van der Waals surface area (Å²) in [4.78, 5) is 17.1. The summed E-state index contributed by atoms with van der Waals surface area (Å²) in [6.07, 6.45) is 4.08. The van der Waals surface area contributed by atoms with Crippen LogP contribution in [0.15, 0.2) is 65.7 Å². The highest BCUT2D eigenvalue weighted by molar-refractivity contribution is 7.89. The van der Waals surface area contributed by atoms with Crippen LogP contribution in [0.5, 0.6) is 0 Å². The number of hydrogen-bond acceptors (Lipinski definition) is 4. The zero-order chi connectivity index (χ0) is 22.7. The fourth-order valence-corrected chi connectivity index (χ4v) is 5.49. The Bertz CT molecular complexity index is 1210. The SMILES string of the molecule is C[C@@H](NC(=O)[C@H]1CC[C@H](NS(=O)(=O)c2ccc3ncccc3c2)CC1)c1ccc(F)cc1. The second kappa shape index (κ2) is 9.34. The highest BCUT2D eigenvalue weighted by Gasteiger charge is 2.29.